The van der Waals surface area contributed by atoms with E-state index in [1.54, 1.807) is 31.8 Å². The summed E-state index contributed by atoms with van der Waals surface area (Å²) in [6.45, 7) is 2.59. The highest BCUT2D eigenvalue weighted by Crippen LogP contribution is 2.38. The van der Waals surface area contributed by atoms with Crippen molar-refractivity contribution >= 4 is 22.9 Å². The van der Waals surface area contributed by atoms with E-state index in [-0.39, 0.29) is 5.28 Å². The summed E-state index contributed by atoms with van der Waals surface area (Å²) in [5.74, 6) is 0.766. The van der Waals surface area contributed by atoms with Crippen LogP contribution in [-0.4, -0.2) is 29.2 Å². The topological polar surface area (TPSA) is 57.1 Å². The molecule has 0 atom stereocenters. The fraction of sp³-hybridized carbons (Fsp3) is 0.278. The van der Waals surface area contributed by atoms with Crippen LogP contribution < -0.4 is 4.74 Å². The van der Waals surface area contributed by atoms with Crippen LogP contribution >= 0.6 is 22.9 Å². The number of rotatable bonds is 6. The van der Waals surface area contributed by atoms with Crippen molar-refractivity contribution in [3.05, 3.63) is 46.3 Å². The second-order valence-electron chi connectivity index (χ2n) is 5.35. The maximum atomic E-state index is 5.97. The number of thiazole rings is 1. The second-order valence-corrected chi connectivity index (χ2v) is 6.77. The van der Waals surface area contributed by atoms with E-state index < -0.39 is 0 Å². The Kier molecular flexibility index (Phi) is 5.63. The molecule has 0 spiro atoms. The average molecular weight is 376 g/mol. The van der Waals surface area contributed by atoms with E-state index in [0.29, 0.717) is 6.61 Å². The van der Waals surface area contributed by atoms with E-state index in [9.17, 15) is 0 Å². The number of hydrogen-bond donors (Lipinski definition) is 0. The Bertz CT molecular complexity index is 883. The number of ether oxygens (including phenoxy) is 2. The predicted molar refractivity (Wildman–Crippen MR) is 100 cm³/mol. The third-order valence-corrected chi connectivity index (χ3v) is 5.02. The van der Waals surface area contributed by atoms with E-state index in [0.717, 1.165) is 44.6 Å². The van der Waals surface area contributed by atoms with Crippen LogP contribution in [0.15, 0.2) is 30.5 Å². The molecule has 0 saturated heterocycles. The molecule has 3 aromatic rings. The normalized spacial score (nSPS) is 10.9. The predicted octanol–water partition coefficient (Wildman–Crippen LogP) is 4.64. The van der Waals surface area contributed by atoms with Gasteiger partial charge in [-0.15, -0.1) is 11.3 Å². The molecule has 0 aliphatic rings. The van der Waals surface area contributed by atoms with Crippen LogP contribution in [0.4, 0.5) is 0 Å². The van der Waals surface area contributed by atoms with E-state index >= 15 is 0 Å². The van der Waals surface area contributed by atoms with Gasteiger partial charge in [0.2, 0.25) is 5.28 Å². The summed E-state index contributed by atoms with van der Waals surface area (Å²) in [7, 11) is 3.32. The summed E-state index contributed by atoms with van der Waals surface area (Å²) >= 11 is 7.59. The van der Waals surface area contributed by atoms with E-state index in [1.807, 2.05) is 18.2 Å². The third-order valence-electron chi connectivity index (χ3n) is 3.62. The van der Waals surface area contributed by atoms with Crippen LogP contribution in [0.5, 0.6) is 5.75 Å². The van der Waals surface area contributed by atoms with Crippen molar-refractivity contribution in [1.82, 2.24) is 15.0 Å². The summed E-state index contributed by atoms with van der Waals surface area (Å²) in [6, 6.07) is 7.84. The van der Waals surface area contributed by atoms with Gasteiger partial charge in [-0.05, 0) is 47.9 Å². The number of nitrogens with zero attached hydrogens (tertiary/aromatic N) is 3. The Hall–Kier alpha value is -2.02. The van der Waals surface area contributed by atoms with Gasteiger partial charge in [-0.1, -0.05) is 6.92 Å². The molecule has 0 saturated carbocycles. The van der Waals surface area contributed by atoms with Gasteiger partial charge in [-0.25, -0.2) is 15.0 Å². The fourth-order valence-electron chi connectivity index (χ4n) is 2.51. The zero-order chi connectivity index (χ0) is 17.8. The van der Waals surface area contributed by atoms with Gasteiger partial charge >= 0.3 is 0 Å². The molecule has 0 radical (unpaired) electrons. The maximum absolute atomic E-state index is 5.97. The molecule has 0 N–H and O–H groups in total. The number of halogens is 1. The van der Waals surface area contributed by atoms with E-state index in [4.69, 9.17) is 26.1 Å². The average Bonchev–Trinajstić information content (AvgIpc) is 3.06. The molecule has 0 fully saturated rings. The zero-order valence-electron chi connectivity index (χ0n) is 14.2. The lowest BCUT2D eigenvalue weighted by Gasteiger charge is -2.09. The van der Waals surface area contributed by atoms with Crippen molar-refractivity contribution in [2.45, 2.75) is 20.0 Å². The van der Waals surface area contributed by atoms with Gasteiger partial charge in [0.25, 0.3) is 0 Å². The molecule has 2 heterocycles. The van der Waals surface area contributed by atoms with Gasteiger partial charge in [0.1, 0.15) is 5.75 Å². The third kappa shape index (κ3) is 3.98. The molecule has 25 heavy (non-hydrogen) atoms. The lowest BCUT2D eigenvalue weighted by molar-refractivity contribution is 0.184. The van der Waals surface area contributed by atoms with Crippen LogP contribution in [0.25, 0.3) is 21.8 Å². The highest BCUT2D eigenvalue weighted by atomic mass is 35.5. The van der Waals surface area contributed by atoms with Gasteiger partial charge in [-0.2, -0.15) is 0 Å². The number of benzene rings is 1. The van der Waals surface area contributed by atoms with Crippen molar-refractivity contribution in [1.29, 1.82) is 0 Å². The Labute approximate surface area is 155 Å². The summed E-state index contributed by atoms with van der Waals surface area (Å²) < 4.78 is 10.7. The molecular formula is C18H18ClN3O2S. The quantitative estimate of drug-likeness (QED) is 0.587. The van der Waals surface area contributed by atoms with Gasteiger partial charge < -0.3 is 9.47 Å². The molecule has 0 aliphatic heterocycles. The van der Waals surface area contributed by atoms with E-state index in [2.05, 4.69) is 23.0 Å². The summed E-state index contributed by atoms with van der Waals surface area (Å²) in [5, 5.41) is 1.26. The Balaban J connectivity index is 2.17. The number of hydrogen-bond acceptors (Lipinski definition) is 6. The van der Waals surface area contributed by atoms with Crippen LogP contribution in [0.2, 0.25) is 5.28 Å². The van der Waals surface area contributed by atoms with Gasteiger partial charge in [0.05, 0.1) is 35.0 Å². The summed E-state index contributed by atoms with van der Waals surface area (Å²) in [4.78, 5) is 14.1. The first-order valence-corrected chi connectivity index (χ1v) is 9.00. The lowest BCUT2D eigenvalue weighted by atomic mass is 10.1. The first-order chi connectivity index (χ1) is 12.1. The molecule has 7 heteroatoms. The molecule has 0 aliphatic carbocycles. The lowest BCUT2D eigenvalue weighted by Crippen LogP contribution is -1.93. The Morgan fingerprint density at radius 2 is 2.00 bits per heavy atom. The molecule has 130 valence electrons. The number of aryl methyl sites for hydroxylation is 1. The maximum Gasteiger partial charge on any atom is 0.222 e. The first kappa shape index (κ1) is 17.8. The highest BCUT2D eigenvalue weighted by Gasteiger charge is 2.17. The van der Waals surface area contributed by atoms with Gasteiger partial charge in [0.15, 0.2) is 0 Å². The van der Waals surface area contributed by atoms with E-state index in [1.165, 1.54) is 0 Å². The molecule has 3 rings (SSSR count). The molecular weight excluding hydrogens is 358 g/mol. The fourth-order valence-corrected chi connectivity index (χ4v) is 3.65. The molecule has 5 nitrogen and oxygen atoms in total. The van der Waals surface area contributed by atoms with Crippen LogP contribution in [0, 0.1) is 0 Å². The Morgan fingerprint density at radius 1 is 1.16 bits per heavy atom. The standard InChI is InChI=1S/C18H18ClN3O2S/c1-4-15-22-16(17(25-15)14-5-6-20-18(19)21-14)12-7-11(10-23-2)8-13(9-12)24-3/h5-9H,4,10H2,1-3H3. The highest BCUT2D eigenvalue weighted by molar-refractivity contribution is 7.15. The SMILES string of the molecule is CCc1nc(-c2cc(COC)cc(OC)c2)c(-c2ccnc(Cl)n2)s1. The molecule has 1 aromatic carbocycles. The van der Waals surface area contributed by atoms with Crippen molar-refractivity contribution in [2.24, 2.45) is 0 Å². The number of aromatic nitrogens is 3. The second kappa shape index (κ2) is 7.91. The minimum Gasteiger partial charge on any atom is -0.497 e. The monoisotopic (exact) mass is 375 g/mol. The summed E-state index contributed by atoms with van der Waals surface area (Å²) in [6.07, 6.45) is 2.51. The molecule has 0 bridgehead atoms. The number of methoxy groups -OCH3 is 2. The Morgan fingerprint density at radius 3 is 2.68 bits per heavy atom. The van der Waals surface area contributed by atoms with Gasteiger partial charge in [-0.3, -0.25) is 0 Å². The smallest absolute Gasteiger partial charge is 0.222 e. The first-order valence-electron chi connectivity index (χ1n) is 7.80. The molecule has 0 unspecified atom stereocenters. The van der Waals surface area contributed by atoms with Crippen LogP contribution in [0.3, 0.4) is 0 Å². The van der Waals surface area contributed by atoms with Crippen LogP contribution in [-0.2, 0) is 17.8 Å². The molecule has 2 aromatic heterocycles. The minimum atomic E-state index is 0.223. The van der Waals surface area contributed by atoms with Crippen molar-refractivity contribution in [3.63, 3.8) is 0 Å². The van der Waals surface area contributed by atoms with Crippen molar-refractivity contribution in [3.8, 4) is 27.6 Å². The zero-order valence-corrected chi connectivity index (χ0v) is 15.8. The van der Waals surface area contributed by atoms with Crippen LogP contribution in [0.1, 0.15) is 17.5 Å². The van der Waals surface area contributed by atoms with Crippen molar-refractivity contribution < 1.29 is 9.47 Å². The minimum absolute atomic E-state index is 0.223. The summed E-state index contributed by atoms with van der Waals surface area (Å²) in [5.41, 5.74) is 3.62. The largest absolute Gasteiger partial charge is 0.497 e. The van der Waals surface area contributed by atoms with Gasteiger partial charge in [0, 0.05) is 18.9 Å². The molecule has 0 amide bonds. The van der Waals surface area contributed by atoms with Crippen molar-refractivity contribution in [2.75, 3.05) is 14.2 Å².